The fourth-order valence-corrected chi connectivity index (χ4v) is 12.7. The lowest BCUT2D eigenvalue weighted by atomic mass is 9.99. The van der Waals surface area contributed by atoms with Gasteiger partial charge in [-0.2, -0.15) is 0 Å². The molecule has 0 aromatic heterocycles. The minimum absolute atomic E-state index is 0.105. The van der Waals surface area contributed by atoms with Crippen LogP contribution in [0.1, 0.15) is 375 Å². The molecule has 0 heterocycles. The minimum Gasteiger partial charge on any atom is -0.462 e. The van der Waals surface area contributed by atoms with Gasteiger partial charge in [-0.1, -0.05) is 324 Å². The Morgan fingerprint density at radius 2 is 0.554 bits per heavy atom. The highest BCUT2D eigenvalue weighted by atomic mass is 31.2. The molecule has 546 valence electrons. The second-order valence-corrected chi connectivity index (χ2v) is 30.0. The largest absolute Gasteiger partial charge is 0.472 e. The van der Waals surface area contributed by atoms with Crippen molar-refractivity contribution in [2.24, 2.45) is 11.8 Å². The van der Waals surface area contributed by atoms with Crippen molar-refractivity contribution in [1.82, 2.24) is 0 Å². The monoisotopic (exact) mass is 1350 g/mol. The molecule has 0 amide bonds. The van der Waals surface area contributed by atoms with E-state index in [1.54, 1.807) is 0 Å². The fourth-order valence-electron chi connectivity index (χ4n) is 11.1. The van der Waals surface area contributed by atoms with Crippen LogP contribution in [0.4, 0.5) is 0 Å². The van der Waals surface area contributed by atoms with Crippen LogP contribution < -0.4 is 0 Å². The number of carbonyl (C=O) groups excluding carboxylic acids is 4. The Labute approximate surface area is 562 Å². The Morgan fingerprint density at radius 1 is 0.315 bits per heavy atom. The zero-order valence-electron chi connectivity index (χ0n) is 59.9. The predicted molar refractivity (Wildman–Crippen MR) is 372 cm³/mol. The molecule has 17 nitrogen and oxygen atoms in total. The number of carbonyl (C=O) groups is 4. The van der Waals surface area contributed by atoms with Crippen LogP contribution in [0.5, 0.6) is 0 Å². The summed E-state index contributed by atoms with van der Waals surface area (Å²) in [4.78, 5) is 72.5. The second kappa shape index (κ2) is 65.0. The molecular formula is C73H142O17P2. The molecular weight excluding hydrogens is 1210 g/mol. The number of phosphoric ester groups is 2. The number of ether oxygens (including phenoxy) is 4. The molecule has 0 rings (SSSR count). The van der Waals surface area contributed by atoms with E-state index in [0.29, 0.717) is 25.7 Å². The number of unbranched alkanes of at least 4 members (excludes halogenated alkanes) is 41. The van der Waals surface area contributed by atoms with Crippen molar-refractivity contribution in [2.75, 3.05) is 39.6 Å². The fraction of sp³-hybridized carbons (Fsp3) is 0.945. The Morgan fingerprint density at radius 3 is 0.826 bits per heavy atom. The molecule has 0 saturated heterocycles. The third-order valence-corrected chi connectivity index (χ3v) is 19.2. The average Bonchev–Trinajstić information content (AvgIpc) is 1.57. The molecule has 0 spiro atoms. The summed E-state index contributed by atoms with van der Waals surface area (Å²) in [6, 6.07) is 0. The van der Waals surface area contributed by atoms with Crippen molar-refractivity contribution in [3.63, 3.8) is 0 Å². The van der Waals surface area contributed by atoms with Crippen LogP contribution in [-0.4, -0.2) is 96.7 Å². The maximum atomic E-state index is 13.0. The van der Waals surface area contributed by atoms with Crippen LogP contribution in [0, 0.1) is 11.8 Å². The summed E-state index contributed by atoms with van der Waals surface area (Å²) in [5, 5.41) is 10.6. The van der Waals surface area contributed by atoms with E-state index in [4.69, 9.17) is 37.0 Å². The lowest BCUT2D eigenvalue weighted by Gasteiger charge is -2.21. The van der Waals surface area contributed by atoms with Gasteiger partial charge in [0.05, 0.1) is 26.4 Å². The molecule has 19 heteroatoms. The summed E-state index contributed by atoms with van der Waals surface area (Å²) in [5.74, 6) is -0.614. The van der Waals surface area contributed by atoms with Crippen LogP contribution in [0.3, 0.4) is 0 Å². The standard InChI is InChI=1S/C73H142O17P2/c1-7-10-12-14-16-17-18-19-20-21-22-23-24-25-26-27-28-31-39-45-51-57-72(77)89-69(62-84-71(76)56-50-44-38-32-29-30-36-41-47-53-65(4)5)64-88-92(81,82)86-60-67(74)59-85-91(79,80)87-63-68(61-83-70(75)55-49-43-35-15-13-11-8-2)90-73(78)58-52-46-40-34-33-37-42-48-54-66(6)9-3/h65-69,74H,7-64H2,1-6H3,(H,79,80)(H,81,82)/t66?,67-,68+,69+/m0/s1. The molecule has 92 heavy (non-hydrogen) atoms. The topological polar surface area (TPSA) is 237 Å². The molecule has 0 saturated carbocycles. The molecule has 0 aliphatic heterocycles. The van der Waals surface area contributed by atoms with E-state index in [0.717, 1.165) is 115 Å². The molecule has 0 aliphatic carbocycles. The van der Waals surface area contributed by atoms with E-state index in [2.05, 4.69) is 41.5 Å². The smallest absolute Gasteiger partial charge is 0.462 e. The van der Waals surface area contributed by atoms with Crippen molar-refractivity contribution in [1.29, 1.82) is 0 Å². The SMILES string of the molecule is CCCCCCCCCCCCCCCCCCCCCCCC(=O)O[C@H](COC(=O)CCCCCCCCCCCC(C)C)COP(=O)(O)OC[C@@H](O)COP(=O)(O)OC[C@@H](COC(=O)CCCCCCCCC)OC(=O)CCCCCCCCCCC(C)CC. The minimum atomic E-state index is -4.95. The summed E-state index contributed by atoms with van der Waals surface area (Å²) in [5.41, 5.74) is 0. The number of aliphatic hydroxyl groups is 1. The van der Waals surface area contributed by atoms with Gasteiger partial charge in [0.15, 0.2) is 12.2 Å². The van der Waals surface area contributed by atoms with Gasteiger partial charge in [0.25, 0.3) is 0 Å². The molecule has 3 N–H and O–H groups in total. The molecule has 6 atom stereocenters. The number of esters is 4. The Hall–Kier alpha value is -1.94. The summed E-state index contributed by atoms with van der Waals surface area (Å²) in [6.45, 7) is 9.50. The summed E-state index contributed by atoms with van der Waals surface area (Å²) < 4.78 is 68.3. The molecule has 0 fully saturated rings. The van der Waals surface area contributed by atoms with Gasteiger partial charge < -0.3 is 33.8 Å². The van der Waals surface area contributed by atoms with E-state index in [1.807, 2.05) is 0 Å². The van der Waals surface area contributed by atoms with Crippen LogP contribution in [-0.2, 0) is 65.4 Å². The number of hydrogen-bond donors (Lipinski definition) is 3. The maximum absolute atomic E-state index is 13.0. The van der Waals surface area contributed by atoms with Crippen molar-refractivity contribution in [3.05, 3.63) is 0 Å². The first kappa shape index (κ1) is 90.1. The van der Waals surface area contributed by atoms with Gasteiger partial charge in [0.1, 0.15) is 19.3 Å². The van der Waals surface area contributed by atoms with E-state index in [1.165, 1.54) is 180 Å². The zero-order valence-corrected chi connectivity index (χ0v) is 61.6. The van der Waals surface area contributed by atoms with Gasteiger partial charge >= 0.3 is 39.5 Å². The summed E-state index contributed by atoms with van der Waals surface area (Å²) in [6.07, 6.45) is 51.6. The molecule has 0 aromatic carbocycles. The maximum Gasteiger partial charge on any atom is 0.472 e. The third kappa shape index (κ3) is 65.4. The molecule has 3 unspecified atom stereocenters. The predicted octanol–water partition coefficient (Wildman–Crippen LogP) is 21.2. The molecule has 0 radical (unpaired) electrons. The quantitative estimate of drug-likeness (QED) is 0.0222. The lowest BCUT2D eigenvalue weighted by molar-refractivity contribution is -0.161. The van der Waals surface area contributed by atoms with E-state index >= 15 is 0 Å². The van der Waals surface area contributed by atoms with Crippen LogP contribution in [0.25, 0.3) is 0 Å². The Bertz CT molecular complexity index is 1790. The Balaban J connectivity index is 5.15. The van der Waals surface area contributed by atoms with E-state index in [9.17, 15) is 43.2 Å². The average molecular weight is 1350 g/mol. The van der Waals surface area contributed by atoms with Crippen molar-refractivity contribution < 1.29 is 80.2 Å². The first-order valence-electron chi connectivity index (χ1n) is 38.0. The molecule has 0 bridgehead atoms. The highest BCUT2D eigenvalue weighted by Gasteiger charge is 2.30. The van der Waals surface area contributed by atoms with Gasteiger partial charge in [-0.05, 0) is 37.5 Å². The van der Waals surface area contributed by atoms with E-state index in [-0.39, 0.29) is 25.7 Å². The van der Waals surface area contributed by atoms with Gasteiger partial charge in [-0.3, -0.25) is 37.3 Å². The van der Waals surface area contributed by atoms with Crippen LogP contribution in [0.15, 0.2) is 0 Å². The number of aliphatic hydroxyl groups excluding tert-OH is 1. The van der Waals surface area contributed by atoms with E-state index < -0.39 is 97.5 Å². The normalized spacial score (nSPS) is 14.4. The number of hydrogen-bond acceptors (Lipinski definition) is 15. The lowest BCUT2D eigenvalue weighted by Crippen LogP contribution is -2.30. The first-order chi connectivity index (χ1) is 44.4. The number of rotatable bonds is 72. The van der Waals surface area contributed by atoms with Gasteiger partial charge in [0.2, 0.25) is 0 Å². The third-order valence-electron chi connectivity index (χ3n) is 17.3. The van der Waals surface area contributed by atoms with Crippen molar-refractivity contribution in [3.8, 4) is 0 Å². The van der Waals surface area contributed by atoms with Crippen molar-refractivity contribution in [2.45, 2.75) is 394 Å². The Kier molecular flexibility index (Phi) is 63.7. The second-order valence-electron chi connectivity index (χ2n) is 27.1. The highest BCUT2D eigenvalue weighted by Crippen LogP contribution is 2.45. The van der Waals surface area contributed by atoms with Crippen molar-refractivity contribution >= 4 is 39.5 Å². The zero-order chi connectivity index (χ0) is 67.9. The highest BCUT2D eigenvalue weighted by molar-refractivity contribution is 7.47. The number of phosphoric acid groups is 2. The van der Waals surface area contributed by atoms with Crippen LogP contribution in [0.2, 0.25) is 0 Å². The molecule has 0 aromatic rings. The van der Waals surface area contributed by atoms with Gasteiger partial charge in [-0.25, -0.2) is 9.13 Å². The van der Waals surface area contributed by atoms with Gasteiger partial charge in [-0.15, -0.1) is 0 Å². The summed E-state index contributed by atoms with van der Waals surface area (Å²) >= 11 is 0. The van der Waals surface area contributed by atoms with Crippen LogP contribution >= 0.6 is 15.6 Å². The van der Waals surface area contributed by atoms with Gasteiger partial charge in [0, 0.05) is 25.7 Å². The summed E-state index contributed by atoms with van der Waals surface area (Å²) in [7, 11) is -9.90. The first-order valence-corrected chi connectivity index (χ1v) is 41.0. The molecule has 0 aliphatic rings.